The zero-order chi connectivity index (χ0) is 12.7. The highest BCUT2D eigenvalue weighted by Gasteiger charge is 2.04. The Kier molecular flexibility index (Phi) is 6.40. The Morgan fingerprint density at radius 3 is 2.88 bits per heavy atom. The Balaban J connectivity index is 2.56. The topological polar surface area (TPSA) is 34.1 Å². The average Bonchev–Trinajstić information content (AvgIpc) is 2.68. The molecule has 0 saturated carbocycles. The van der Waals surface area contributed by atoms with Gasteiger partial charge in [-0.3, -0.25) is 0 Å². The van der Waals surface area contributed by atoms with Crippen LogP contribution >= 0.6 is 11.3 Å². The van der Waals surface area contributed by atoms with Crippen LogP contribution in [0.1, 0.15) is 24.5 Å². The number of hydrogen-bond acceptors (Lipinski definition) is 4. The molecule has 96 valence electrons. The summed E-state index contributed by atoms with van der Waals surface area (Å²) in [5.41, 5.74) is 2.45. The average molecular weight is 254 g/mol. The van der Waals surface area contributed by atoms with E-state index in [2.05, 4.69) is 35.6 Å². The lowest BCUT2D eigenvalue weighted by molar-refractivity contribution is 0.200. The van der Waals surface area contributed by atoms with Crippen LogP contribution < -0.4 is 5.32 Å². The van der Waals surface area contributed by atoms with Crippen molar-refractivity contribution in [2.24, 2.45) is 5.92 Å². The van der Waals surface area contributed by atoms with E-state index in [4.69, 9.17) is 4.74 Å². The van der Waals surface area contributed by atoms with Crippen molar-refractivity contribution in [3.8, 4) is 0 Å². The number of rotatable bonds is 7. The number of nitrogens with one attached hydrogen (secondary N) is 1. The summed E-state index contributed by atoms with van der Waals surface area (Å²) in [7, 11) is 1.72. The van der Waals surface area contributed by atoms with Crippen molar-refractivity contribution in [2.75, 3.05) is 26.8 Å². The van der Waals surface area contributed by atoms with Gasteiger partial charge < -0.3 is 10.1 Å². The van der Waals surface area contributed by atoms with E-state index in [-0.39, 0.29) is 0 Å². The first kappa shape index (κ1) is 14.4. The Morgan fingerprint density at radius 1 is 1.59 bits per heavy atom. The third-order valence-corrected chi connectivity index (χ3v) is 3.32. The number of hydrogen-bond donors (Lipinski definition) is 1. The number of aryl methyl sites for hydroxylation is 1. The molecule has 0 aliphatic heterocycles. The molecule has 0 spiro atoms. The maximum atomic E-state index is 5.01. The maximum Gasteiger partial charge on any atom is 0.0901 e. The standard InChI is InChI=1S/C13H22N2OS/c1-10(2)12(8-14-5-6-16-4)7-13-9-17-11(3)15-13/h7,9-10,14H,5-6,8H2,1-4H3. The molecule has 3 nitrogen and oxygen atoms in total. The first-order chi connectivity index (χ1) is 8.13. The van der Waals surface area contributed by atoms with Crippen LogP contribution in [0.25, 0.3) is 6.08 Å². The van der Waals surface area contributed by atoms with Gasteiger partial charge in [-0.15, -0.1) is 11.3 Å². The minimum absolute atomic E-state index is 0.534. The van der Waals surface area contributed by atoms with Crippen LogP contribution in [0.4, 0.5) is 0 Å². The van der Waals surface area contributed by atoms with Crippen molar-refractivity contribution >= 4 is 17.4 Å². The zero-order valence-electron chi connectivity index (χ0n) is 11.1. The van der Waals surface area contributed by atoms with Crippen molar-refractivity contribution in [1.82, 2.24) is 10.3 Å². The molecule has 0 unspecified atom stereocenters. The summed E-state index contributed by atoms with van der Waals surface area (Å²) in [6, 6.07) is 0. The highest BCUT2D eigenvalue weighted by Crippen LogP contribution is 2.16. The van der Waals surface area contributed by atoms with Crippen LogP contribution in [-0.4, -0.2) is 31.8 Å². The van der Waals surface area contributed by atoms with Gasteiger partial charge >= 0.3 is 0 Å². The molecule has 0 aromatic carbocycles. The lowest BCUT2D eigenvalue weighted by atomic mass is 10.0. The van der Waals surface area contributed by atoms with Gasteiger partial charge in [0.15, 0.2) is 0 Å². The van der Waals surface area contributed by atoms with Crippen LogP contribution in [0.2, 0.25) is 0 Å². The normalized spacial score (nSPS) is 12.4. The quantitative estimate of drug-likeness (QED) is 0.760. The lowest BCUT2D eigenvalue weighted by Crippen LogP contribution is -2.23. The van der Waals surface area contributed by atoms with Gasteiger partial charge in [-0.25, -0.2) is 4.98 Å². The van der Waals surface area contributed by atoms with Crippen LogP contribution in [0.3, 0.4) is 0 Å². The third kappa shape index (κ3) is 5.44. The Labute approximate surface area is 108 Å². The number of aromatic nitrogens is 1. The fourth-order valence-corrected chi connectivity index (χ4v) is 2.04. The van der Waals surface area contributed by atoms with Gasteiger partial charge in [-0.1, -0.05) is 19.4 Å². The second-order valence-corrected chi connectivity index (χ2v) is 5.40. The minimum Gasteiger partial charge on any atom is -0.383 e. The summed E-state index contributed by atoms with van der Waals surface area (Å²) >= 11 is 1.69. The Bertz CT molecular complexity index is 358. The summed E-state index contributed by atoms with van der Waals surface area (Å²) in [5.74, 6) is 0.534. The highest BCUT2D eigenvalue weighted by molar-refractivity contribution is 7.09. The van der Waals surface area contributed by atoms with E-state index < -0.39 is 0 Å². The predicted octanol–water partition coefficient (Wildman–Crippen LogP) is 2.73. The molecule has 1 aromatic heterocycles. The van der Waals surface area contributed by atoms with Crippen molar-refractivity contribution < 1.29 is 4.74 Å². The lowest BCUT2D eigenvalue weighted by Gasteiger charge is -2.12. The molecule has 4 heteroatoms. The summed E-state index contributed by atoms with van der Waals surface area (Å²) in [6.07, 6.45) is 2.19. The largest absolute Gasteiger partial charge is 0.383 e. The van der Waals surface area contributed by atoms with Crippen LogP contribution in [0.5, 0.6) is 0 Å². The van der Waals surface area contributed by atoms with E-state index in [0.717, 1.165) is 30.4 Å². The molecule has 0 aliphatic rings. The molecular formula is C13H22N2OS. The number of methoxy groups -OCH3 is 1. The SMILES string of the molecule is COCCNCC(=Cc1csc(C)n1)C(C)C. The molecule has 17 heavy (non-hydrogen) atoms. The Morgan fingerprint density at radius 2 is 2.35 bits per heavy atom. The summed E-state index contributed by atoms with van der Waals surface area (Å²) in [6.45, 7) is 9.00. The van der Waals surface area contributed by atoms with E-state index in [1.165, 1.54) is 5.57 Å². The van der Waals surface area contributed by atoms with Gasteiger partial charge in [0.2, 0.25) is 0 Å². The smallest absolute Gasteiger partial charge is 0.0901 e. The van der Waals surface area contributed by atoms with Gasteiger partial charge in [-0.2, -0.15) is 0 Å². The van der Waals surface area contributed by atoms with Crippen LogP contribution in [0.15, 0.2) is 11.0 Å². The molecule has 0 bridgehead atoms. The van der Waals surface area contributed by atoms with Gasteiger partial charge in [0.1, 0.15) is 0 Å². The first-order valence-corrected chi connectivity index (χ1v) is 6.83. The molecule has 1 heterocycles. The van der Waals surface area contributed by atoms with Crippen LogP contribution in [0, 0.1) is 12.8 Å². The van der Waals surface area contributed by atoms with Crippen molar-refractivity contribution in [2.45, 2.75) is 20.8 Å². The maximum absolute atomic E-state index is 5.01. The first-order valence-electron chi connectivity index (χ1n) is 5.95. The van der Waals surface area contributed by atoms with Gasteiger partial charge in [0.25, 0.3) is 0 Å². The van der Waals surface area contributed by atoms with Gasteiger partial charge in [-0.05, 0) is 18.9 Å². The fraction of sp³-hybridized carbons (Fsp3) is 0.615. The fourth-order valence-electron chi connectivity index (χ4n) is 1.47. The predicted molar refractivity (Wildman–Crippen MR) is 74.4 cm³/mol. The van der Waals surface area contributed by atoms with Crippen molar-refractivity contribution in [1.29, 1.82) is 0 Å². The summed E-state index contributed by atoms with van der Waals surface area (Å²) in [4.78, 5) is 4.47. The second kappa shape index (κ2) is 7.58. The highest BCUT2D eigenvalue weighted by atomic mass is 32.1. The summed E-state index contributed by atoms with van der Waals surface area (Å²) < 4.78 is 5.01. The molecule has 1 aromatic rings. The third-order valence-electron chi connectivity index (χ3n) is 2.52. The van der Waals surface area contributed by atoms with Crippen molar-refractivity contribution in [3.05, 3.63) is 21.7 Å². The number of ether oxygens (including phenoxy) is 1. The molecule has 0 aliphatic carbocycles. The van der Waals surface area contributed by atoms with Gasteiger partial charge in [0, 0.05) is 25.6 Å². The molecular weight excluding hydrogens is 232 g/mol. The number of thiazole rings is 1. The van der Waals surface area contributed by atoms with Gasteiger partial charge in [0.05, 0.1) is 17.3 Å². The van der Waals surface area contributed by atoms with E-state index in [1.807, 2.05) is 6.92 Å². The monoisotopic (exact) mass is 254 g/mol. The van der Waals surface area contributed by atoms with E-state index in [1.54, 1.807) is 18.4 Å². The summed E-state index contributed by atoms with van der Waals surface area (Å²) in [5, 5.41) is 6.60. The molecule has 0 amide bonds. The van der Waals surface area contributed by atoms with Crippen LogP contribution in [-0.2, 0) is 4.74 Å². The molecule has 0 saturated heterocycles. The van der Waals surface area contributed by atoms with E-state index in [9.17, 15) is 0 Å². The molecule has 0 fully saturated rings. The zero-order valence-corrected chi connectivity index (χ0v) is 11.9. The number of nitrogens with zero attached hydrogens (tertiary/aromatic N) is 1. The second-order valence-electron chi connectivity index (χ2n) is 4.33. The molecule has 0 radical (unpaired) electrons. The Hall–Kier alpha value is -0.710. The molecule has 0 atom stereocenters. The van der Waals surface area contributed by atoms with E-state index >= 15 is 0 Å². The molecule has 1 N–H and O–H groups in total. The van der Waals surface area contributed by atoms with E-state index in [0.29, 0.717) is 5.92 Å². The molecule has 1 rings (SSSR count). The minimum atomic E-state index is 0.534. The van der Waals surface area contributed by atoms with Crippen molar-refractivity contribution in [3.63, 3.8) is 0 Å².